The molecule has 0 saturated carbocycles. The summed E-state index contributed by atoms with van der Waals surface area (Å²) in [6, 6.07) is 17.0. The van der Waals surface area contributed by atoms with Gasteiger partial charge >= 0.3 is 6.36 Å². The Morgan fingerprint density at radius 1 is 0.971 bits per heavy atom. The molecule has 1 aliphatic rings. The lowest BCUT2D eigenvalue weighted by molar-refractivity contribution is -0.274. The van der Waals surface area contributed by atoms with E-state index in [1.165, 1.54) is 19.2 Å². The molecule has 180 valence electrons. The van der Waals surface area contributed by atoms with Crippen LogP contribution < -0.4 is 14.4 Å². The van der Waals surface area contributed by atoms with Gasteiger partial charge in [-0.2, -0.15) is 0 Å². The summed E-state index contributed by atoms with van der Waals surface area (Å²) in [6.07, 6.45) is -4.87. The SMILES string of the molecule is COc1ccc(/C(O)=C2/C(=O)C(=O)N(c3ccc(OC(F)(F)F)cc3)C2c2ccccc2)cc1C. The maximum Gasteiger partial charge on any atom is 0.573 e. The van der Waals surface area contributed by atoms with Crippen LogP contribution in [0.3, 0.4) is 0 Å². The predicted octanol–water partition coefficient (Wildman–Crippen LogP) is 5.53. The molecular weight excluding hydrogens is 463 g/mol. The van der Waals surface area contributed by atoms with E-state index in [4.69, 9.17) is 4.74 Å². The summed E-state index contributed by atoms with van der Waals surface area (Å²) < 4.78 is 46.8. The molecule has 0 bridgehead atoms. The standard InChI is InChI=1S/C26H20F3NO5/c1-15-14-17(8-13-20(15)34-2)23(31)21-22(16-6-4-3-5-7-16)30(25(33)24(21)32)18-9-11-19(12-10-18)35-26(27,28)29/h3-14,22,31H,1-2H3/b23-21-. The number of aryl methyl sites for hydroxylation is 1. The average Bonchev–Trinajstić information content (AvgIpc) is 3.09. The molecular formula is C26H20F3NO5. The van der Waals surface area contributed by atoms with Gasteiger partial charge in [0.1, 0.15) is 17.3 Å². The van der Waals surface area contributed by atoms with Gasteiger partial charge in [-0.25, -0.2) is 0 Å². The average molecular weight is 483 g/mol. The zero-order valence-electron chi connectivity index (χ0n) is 18.7. The summed E-state index contributed by atoms with van der Waals surface area (Å²) in [5.41, 5.74) is 1.59. The van der Waals surface area contributed by atoms with Crippen molar-refractivity contribution in [2.75, 3.05) is 12.0 Å². The second-order valence-corrected chi connectivity index (χ2v) is 7.81. The monoisotopic (exact) mass is 483 g/mol. The minimum atomic E-state index is -4.87. The van der Waals surface area contributed by atoms with Crippen LogP contribution >= 0.6 is 0 Å². The first-order chi connectivity index (χ1) is 16.6. The number of aliphatic hydroxyl groups excluding tert-OH is 1. The molecule has 9 heteroatoms. The van der Waals surface area contributed by atoms with Crippen LogP contribution in [-0.2, 0) is 9.59 Å². The highest BCUT2D eigenvalue weighted by Crippen LogP contribution is 2.42. The number of Topliss-reactive ketones (excluding diaryl/α,β-unsaturated/α-hetero) is 1. The summed E-state index contributed by atoms with van der Waals surface area (Å²) >= 11 is 0. The molecule has 1 saturated heterocycles. The number of hydrogen-bond acceptors (Lipinski definition) is 5. The fourth-order valence-electron chi connectivity index (χ4n) is 4.04. The number of ketones is 1. The molecule has 1 fully saturated rings. The number of alkyl halides is 3. The first-order valence-corrected chi connectivity index (χ1v) is 10.5. The van der Waals surface area contributed by atoms with E-state index in [0.29, 0.717) is 22.4 Å². The summed E-state index contributed by atoms with van der Waals surface area (Å²) in [7, 11) is 1.51. The topological polar surface area (TPSA) is 76.1 Å². The van der Waals surface area contributed by atoms with E-state index in [2.05, 4.69) is 4.74 Å². The van der Waals surface area contributed by atoms with E-state index in [1.807, 2.05) is 0 Å². The van der Waals surface area contributed by atoms with Crippen LogP contribution in [-0.4, -0.2) is 30.3 Å². The van der Waals surface area contributed by atoms with Crippen LogP contribution in [0.1, 0.15) is 22.7 Å². The Hall–Kier alpha value is -4.27. The molecule has 1 unspecified atom stereocenters. The normalized spacial score (nSPS) is 17.5. The van der Waals surface area contributed by atoms with Gasteiger partial charge < -0.3 is 14.6 Å². The number of rotatable bonds is 5. The van der Waals surface area contributed by atoms with Crippen LogP contribution in [0.5, 0.6) is 11.5 Å². The molecule has 4 rings (SSSR count). The molecule has 0 spiro atoms. The molecule has 1 heterocycles. The number of amides is 1. The van der Waals surface area contributed by atoms with E-state index in [1.54, 1.807) is 55.5 Å². The molecule has 6 nitrogen and oxygen atoms in total. The molecule has 1 atom stereocenters. The van der Waals surface area contributed by atoms with Crippen molar-refractivity contribution >= 4 is 23.1 Å². The lowest BCUT2D eigenvalue weighted by atomic mass is 9.94. The van der Waals surface area contributed by atoms with Crippen LogP contribution in [0.25, 0.3) is 5.76 Å². The fraction of sp³-hybridized carbons (Fsp3) is 0.154. The van der Waals surface area contributed by atoms with Gasteiger partial charge in [0.05, 0.1) is 18.7 Å². The zero-order chi connectivity index (χ0) is 25.3. The number of carbonyl (C=O) groups is 2. The molecule has 1 amide bonds. The van der Waals surface area contributed by atoms with Gasteiger partial charge in [0.25, 0.3) is 11.7 Å². The minimum Gasteiger partial charge on any atom is -0.507 e. The third kappa shape index (κ3) is 4.70. The van der Waals surface area contributed by atoms with Crippen molar-refractivity contribution in [2.24, 2.45) is 0 Å². The number of aliphatic hydroxyl groups is 1. The van der Waals surface area contributed by atoms with Crippen LogP contribution in [0.15, 0.2) is 78.4 Å². The first kappa shape index (κ1) is 23.9. The minimum absolute atomic E-state index is 0.138. The third-order valence-electron chi connectivity index (χ3n) is 5.58. The lowest BCUT2D eigenvalue weighted by Gasteiger charge is -2.25. The number of halogens is 3. The quantitative estimate of drug-likeness (QED) is 0.294. The van der Waals surface area contributed by atoms with E-state index >= 15 is 0 Å². The summed E-state index contributed by atoms with van der Waals surface area (Å²) in [4.78, 5) is 27.4. The maximum absolute atomic E-state index is 13.1. The molecule has 3 aromatic carbocycles. The van der Waals surface area contributed by atoms with Crippen LogP contribution in [0.2, 0.25) is 0 Å². The van der Waals surface area contributed by atoms with Crippen LogP contribution in [0.4, 0.5) is 18.9 Å². The number of hydrogen-bond donors (Lipinski definition) is 1. The van der Waals surface area contributed by atoms with Crippen molar-refractivity contribution < 1.29 is 37.3 Å². The summed E-state index contributed by atoms with van der Waals surface area (Å²) in [6.45, 7) is 1.77. The Morgan fingerprint density at radius 2 is 1.63 bits per heavy atom. The Morgan fingerprint density at radius 3 is 2.20 bits per heavy atom. The Labute approximate surface area is 198 Å². The van der Waals surface area contributed by atoms with E-state index in [0.717, 1.165) is 17.0 Å². The molecule has 1 aliphatic heterocycles. The highest BCUT2D eigenvalue weighted by atomic mass is 19.4. The van der Waals surface area contributed by atoms with Crippen molar-refractivity contribution in [1.82, 2.24) is 0 Å². The van der Waals surface area contributed by atoms with Crippen molar-refractivity contribution in [3.8, 4) is 11.5 Å². The van der Waals surface area contributed by atoms with Crippen molar-refractivity contribution in [2.45, 2.75) is 19.3 Å². The van der Waals surface area contributed by atoms with Gasteiger partial charge in [-0.15, -0.1) is 13.2 Å². The highest BCUT2D eigenvalue weighted by molar-refractivity contribution is 6.51. The number of carbonyl (C=O) groups excluding carboxylic acids is 2. The highest BCUT2D eigenvalue weighted by Gasteiger charge is 2.47. The van der Waals surface area contributed by atoms with E-state index < -0.39 is 29.8 Å². The summed E-state index contributed by atoms with van der Waals surface area (Å²) in [5, 5.41) is 11.2. The van der Waals surface area contributed by atoms with Crippen LogP contribution in [0, 0.1) is 6.92 Å². The number of nitrogens with zero attached hydrogens (tertiary/aromatic N) is 1. The molecule has 35 heavy (non-hydrogen) atoms. The second-order valence-electron chi connectivity index (χ2n) is 7.81. The van der Waals surface area contributed by atoms with Gasteiger partial charge in [-0.05, 0) is 60.5 Å². The summed E-state index contributed by atoms with van der Waals surface area (Å²) in [5.74, 6) is -2.09. The lowest BCUT2D eigenvalue weighted by Crippen LogP contribution is -2.29. The molecule has 0 aliphatic carbocycles. The Kier molecular flexibility index (Phi) is 6.26. The van der Waals surface area contributed by atoms with Gasteiger partial charge in [-0.3, -0.25) is 14.5 Å². The first-order valence-electron chi connectivity index (χ1n) is 10.5. The fourth-order valence-corrected chi connectivity index (χ4v) is 4.04. The largest absolute Gasteiger partial charge is 0.573 e. The van der Waals surface area contributed by atoms with Gasteiger partial charge in [0.15, 0.2) is 0 Å². The predicted molar refractivity (Wildman–Crippen MR) is 122 cm³/mol. The van der Waals surface area contributed by atoms with Gasteiger partial charge in [-0.1, -0.05) is 30.3 Å². The number of anilines is 1. The Balaban J connectivity index is 1.84. The molecule has 0 radical (unpaired) electrons. The van der Waals surface area contributed by atoms with Crippen molar-refractivity contribution in [1.29, 1.82) is 0 Å². The third-order valence-corrected chi connectivity index (χ3v) is 5.58. The van der Waals surface area contributed by atoms with Gasteiger partial charge in [0.2, 0.25) is 0 Å². The van der Waals surface area contributed by atoms with Crippen molar-refractivity contribution in [3.63, 3.8) is 0 Å². The molecule has 0 aromatic heterocycles. The Bertz CT molecular complexity index is 1300. The number of benzene rings is 3. The molecule has 1 N–H and O–H groups in total. The zero-order valence-corrected chi connectivity index (χ0v) is 18.7. The maximum atomic E-state index is 13.1. The van der Waals surface area contributed by atoms with Crippen molar-refractivity contribution in [3.05, 3.63) is 95.1 Å². The number of ether oxygens (including phenoxy) is 2. The molecule has 3 aromatic rings. The van der Waals surface area contributed by atoms with E-state index in [-0.39, 0.29) is 17.0 Å². The second kappa shape index (κ2) is 9.17. The van der Waals surface area contributed by atoms with E-state index in [9.17, 15) is 27.9 Å². The smallest absolute Gasteiger partial charge is 0.507 e. The van der Waals surface area contributed by atoms with Gasteiger partial charge in [0, 0.05) is 11.3 Å². The number of methoxy groups -OCH3 is 1.